The molecule has 1 N–H and O–H groups in total. The van der Waals surface area contributed by atoms with Gasteiger partial charge in [-0.05, 0) is 12.5 Å². The van der Waals surface area contributed by atoms with Crippen LogP contribution in [0.5, 0.6) is 0 Å². The smallest absolute Gasteiger partial charge is 0.273 e. The lowest BCUT2D eigenvalue weighted by Gasteiger charge is -2.36. The molecule has 1 aliphatic rings. The fourth-order valence-corrected chi connectivity index (χ4v) is 3.55. The van der Waals surface area contributed by atoms with Crippen LogP contribution in [0.2, 0.25) is 4.47 Å². The third-order valence-electron chi connectivity index (χ3n) is 3.71. The van der Waals surface area contributed by atoms with Crippen LogP contribution < -0.4 is 5.32 Å². The zero-order chi connectivity index (χ0) is 17.8. The van der Waals surface area contributed by atoms with Crippen LogP contribution >= 0.6 is 22.9 Å². The third-order valence-corrected chi connectivity index (χ3v) is 4.81. The molecule has 2 heterocycles. The number of nitrogens with zero attached hydrogens (tertiary/aromatic N) is 5. The van der Waals surface area contributed by atoms with Gasteiger partial charge >= 0.3 is 0 Å². The van der Waals surface area contributed by atoms with Crippen molar-refractivity contribution in [2.24, 2.45) is 5.10 Å². The topological polar surface area (TPSA) is 86.9 Å². The molecule has 0 spiro atoms. The molecule has 132 valence electrons. The van der Waals surface area contributed by atoms with Gasteiger partial charge in [-0.3, -0.25) is 4.90 Å². The SMILES string of the molecule is Cc1ccc(CN2CN/C(=N\[N+](=O)[O-])N(Cc3cnc(Cl)s3)C2)cc1. The van der Waals surface area contributed by atoms with Crippen LogP contribution in [-0.4, -0.2) is 39.1 Å². The Labute approximate surface area is 153 Å². The first kappa shape index (κ1) is 17.6. The summed E-state index contributed by atoms with van der Waals surface area (Å²) in [5, 5.41) is 16.6. The minimum atomic E-state index is -0.690. The second-order valence-corrected chi connectivity index (χ2v) is 7.43. The predicted octanol–water partition coefficient (Wildman–Crippen LogP) is 2.48. The number of thiazole rings is 1. The van der Waals surface area contributed by atoms with E-state index in [9.17, 15) is 10.1 Å². The summed E-state index contributed by atoms with van der Waals surface area (Å²) in [6.07, 6.45) is 1.68. The average Bonchev–Trinajstić information content (AvgIpc) is 2.97. The van der Waals surface area contributed by atoms with Crippen LogP contribution in [0, 0.1) is 17.0 Å². The number of benzene rings is 1. The Bertz CT molecular complexity index is 779. The summed E-state index contributed by atoms with van der Waals surface area (Å²) in [5.41, 5.74) is 2.40. The molecule has 25 heavy (non-hydrogen) atoms. The highest BCUT2D eigenvalue weighted by Gasteiger charge is 2.25. The fraction of sp³-hybridized carbons (Fsp3) is 0.333. The number of hydrogen-bond acceptors (Lipinski definition) is 5. The van der Waals surface area contributed by atoms with E-state index in [1.165, 1.54) is 22.5 Å². The van der Waals surface area contributed by atoms with Gasteiger partial charge in [0.2, 0.25) is 0 Å². The minimum absolute atomic E-state index is 0.245. The van der Waals surface area contributed by atoms with Crippen molar-refractivity contribution in [3.8, 4) is 0 Å². The zero-order valence-electron chi connectivity index (χ0n) is 13.6. The molecule has 10 heteroatoms. The van der Waals surface area contributed by atoms with Crippen molar-refractivity contribution in [2.75, 3.05) is 13.3 Å². The average molecular weight is 381 g/mol. The van der Waals surface area contributed by atoms with Crippen LogP contribution in [0.25, 0.3) is 0 Å². The monoisotopic (exact) mass is 380 g/mol. The van der Waals surface area contributed by atoms with Crippen molar-refractivity contribution in [3.63, 3.8) is 0 Å². The van der Waals surface area contributed by atoms with Gasteiger partial charge in [0.25, 0.3) is 5.96 Å². The number of nitro groups is 1. The number of hydrazone groups is 1. The minimum Gasteiger partial charge on any atom is -0.338 e. The number of rotatable bonds is 5. The molecule has 1 saturated heterocycles. The molecule has 0 amide bonds. The van der Waals surface area contributed by atoms with Crippen molar-refractivity contribution >= 4 is 28.9 Å². The van der Waals surface area contributed by atoms with Gasteiger partial charge in [0.15, 0.2) is 9.50 Å². The third kappa shape index (κ3) is 4.88. The maximum Gasteiger partial charge on any atom is 0.273 e. The fourth-order valence-electron chi connectivity index (χ4n) is 2.56. The summed E-state index contributed by atoms with van der Waals surface area (Å²) in [7, 11) is 0. The van der Waals surface area contributed by atoms with E-state index in [4.69, 9.17) is 11.6 Å². The quantitative estimate of drug-likeness (QED) is 0.633. The van der Waals surface area contributed by atoms with Crippen molar-refractivity contribution in [3.05, 3.63) is 61.0 Å². The molecular formula is C15H17ClN6O2S. The van der Waals surface area contributed by atoms with Crippen molar-refractivity contribution in [2.45, 2.75) is 20.0 Å². The first-order valence-electron chi connectivity index (χ1n) is 7.59. The van der Waals surface area contributed by atoms with Gasteiger partial charge in [0.1, 0.15) is 5.10 Å². The number of aryl methyl sites for hydroxylation is 1. The normalized spacial score (nSPS) is 16.9. The Hall–Kier alpha value is -2.23. The maximum absolute atomic E-state index is 10.8. The first-order chi connectivity index (χ1) is 12.0. The molecule has 0 radical (unpaired) electrons. The molecule has 1 fully saturated rings. The Balaban J connectivity index is 1.72. The van der Waals surface area contributed by atoms with Gasteiger partial charge in [-0.25, -0.2) is 15.1 Å². The summed E-state index contributed by atoms with van der Waals surface area (Å²) in [6, 6.07) is 8.32. The molecule has 1 aromatic carbocycles. The molecule has 3 rings (SSSR count). The van der Waals surface area contributed by atoms with Crippen molar-refractivity contribution < 1.29 is 5.03 Å². The van der Waals surface area contributed by atoms with E-state index in [0.29, 0.717) is 24.3 Å². The lowest BCUT2D eigenvalue weighted by Crippen LogP contribution is -2.56. The van der Waals surface area contributed by atoms with Crippen molar-refractivity contribution in [1.82, 2.24) is 20.1 Å². The van der Waals surface area contributed by atoms with Crippen LogP contribution in [0.4, 0.5) is 0 Å². The van der Waals surface area contributed by atoms with Crippen LogP contribution in [-0.2, 0) is 13.1 Å². The van der Waals surface area contributed by atoms with E-state index in [2.05, 4.69) is 51.5 Å². The lowest BCUT2D eigenvalue weighted by atomic mass is 10.1. The number of halogens is 1. The predicted molar refractivity (Wildman–Crippen MR) is 96.7 cm³/mol. The molecule has 1 aromatic heterocycles. The van der Waals surface area contributed by atoms with E-state index in [1.807, 2.05) is 4.90 Å². The summed E-state index contributed by atoms with van der Waals surface area (Å²) in [5.74, 6) is 0.245. The van der Waals surface area contributed by atoms with Gasteiger partial charge < -0.3 is 10.2 Å². The first-order valence-corrected chi connectivity index (χ1v) is 8.79. The Morgan fingerprint density at radius 2 is 2.16 bits per heavy atom. The molecule has 2 aromatic rings. The van der Waals surface area contributed by atoms with E-state index >= 15 is 0 Å². The molecule has 8 nitrogen and oxygen atoms in total. The highest BCUT2D eigenvalue weighted by Crippen LogP contribution is 2.20. The second kappa shape index (κ2) is 7.77. The van der Waals surface area contributed by atoms with Crippen LogP contribution in [0.15, 0.2) is 35.6 Å². The summed E-state index contributed by atoms with van der Waals surface area (Å²) < 4.78 is 0.448. The second-order valence-electron chi connectivity index (χ2n) is 5.73. The van der Waals surface area contributed by atoms with Crippen molar-refractivity contribution in [1.29, 1.82) is 0 Å². The van der Waals surface area contributed by atoms with Gasteiger partial charge in [-0.15, -0.1) is 11.3 Å². The molecule has 1 aliphatic heterocycles. The Morgan fingerprint density at radius 3 is 2.80 bits per heavy atom. The number of hydrogen-bond donors (Lipinski definition) is 1. The molecule has 0 unspecified atom stereocenters. The van der Waals surface area contributed by atoms with Gasteiger partial charge in [-0.1, -0.05) is 41.4 Å². The highest BCUT2D eigenvalue weighted by atomic mass is 35.5. The standard InChI is InChI=1S/C15H17ClN6O2S/c1-11-2-4-12(5-3-11)7-20-9-18-15(19-22(23)24)21(10-20)8-13-6-17-14(16)25-13/h2-6H,7-10H2,1H3,(H,18,19). The summed E-state index contributed by atoms with van der Waals surface area (Å²) in [4.78, 5) is 19.7. The summed E-state index contributed by atoms with van der Waals surface area (Å²) >= 11 is 7.22. The zero-order valence-corrected chi connectivity index (χ0v) is 15.1. The molecule has 0 saturated carbocycles. The number of aromatic nitrogens is 1. The number of guanidine groups is 1. The van der Waals surface area contributed by atoms with E-state index < -0.39 is 5.03 Å². The summed E-state index contributed by atoms with van der Waals surface area (Å²) in [6.45, 7) is 4.24. The van der Waals surface area contributed by atoms with E-state index in [-0.39, 0.29) is 5.96 Å². The van der Waals surface area contributed by atoms with E-state index in [0.717, 1.165) is 11.4 Å². The Kier molecular flexibility index (Phi) is 5.47. The largest absolute Gasteiger partial charge is 0.338 e. The molecule has 0 aliphatic carbocycles. The highest BCUT2D eigenvalue weighted by molar-refractivity contribution is 7.15. The lowest BCUT2D eigenvalue weighted by molar-refractivity contribution is -0.486. The van der Waals surface area contributed by atoms with Crippen LogP contribution in [0.1, 0.15) is 16.0 Å². The molecular weight excluding hydrogens is 364 g/mol. The van der Waals surface area contributed by atoms with Gasteiger partial charge in [-0.2, -0.15) is 0 Å². The van der Waals surface area contributed by atoms with Gasteiger partial charge in [0.05, 0.1) is 19.9 Å². The van der Waals surface area contributed by atoms with E-state index in [1.54, 1.807) is 6.20 Å². The molecule has 0 bridgehead atoms. The van der Waals surface area contributed by atoms with Gasteiger partial charge in [0, 0.05) is 17.6 Å². The van der Waals surface area contributed by atoms with Crippen LogP contribution in [0.3, 0.4) is 0 Å². The maximum atomic E-state index is 10.8. The molecule has 0 atom stereocenters. The Morgan fingerprint density at radius 1 is 1.40 bits per heavy atom. The number of nitrogens with one attached hydrogen (secondary N) is 1.